The minimum absolute atomic E-state index is 0.0862. The zero-order valence-electron chi connectivity index (χ0n) is 15.3. The lowest BCUT2D eigenvalue weighted by Crippen LogP contribution is -2.39. The average molecular weight is 392 g/mol. The van der Waals surface area contributed by atoms with Gasteiger partial charge in [0.1, 0.15) is 18.2 Å². The summed E-state index contributed by atoms with van der Waals surface area (Å²) in [5.74, 6) is -0.740. The van der Waals surface area contributed by atoms with Gasteiger partial charge in [0.15, 0.2) is 0 Å². The minimum Gasteiger partial charge on any atom is -0.490 e. The third kappa shape index (κ3) is 4.05. The maximum Gasteiger partial charge on any atom is 0.237 e. The van der Waals surface area contributed by atoms with E-state index in [0.717, 1.165) is 0 Å². The molecule has 0 aliphatic carbocycles. The normalized spacial score (nSPS) is 16.3. The molecule has 0 saturated heterocycles. The van der Waals surface area contributed by atoms with Crippen LogP contribution in [0.5, 0.6) is 5.75 Å². The van der Waals surface area contributed by atoms with Crippen LogP contribution in [0.15, 0.2) is 42.5 Å². The highest BCUT2D eigenvalue weighted by atomic mass is 32.2. The SMILES string of the molecule is CN1C(=O)C(C)(C)COc2cc(NS(=O)(=O)Cc3ccccc3F)ccc21. The molecule has 0 saturated carbocycles. The number of hydrogen-bond donors (Lipinski definition) is 1. The lowest BCUT2D eigenvalue weighted by Gasteiger charge is -2.24. The van der Waals surface area contributed by atoms with Crippen LogP contribution < -0.4 is 14.4 Å². The van der Waals surface area contributed by atoms with Crippen molar-refractivity contribution in [2.45, 2.75) is 19.6 Å². The summed E-state index contributed by atoms with van der Waals surface area (Å²) in [5, 5.41) is 0. The number of rotatable bonds is 4. The van der Waals surface area contributed by atoms with Gasteiger partial charge in [-0.1, -0.05) is 18.2 Å². The molecule has 1 N–H and O–H groups in total. The van der Waals surface area contributed by atoms with Gasteiger partial charge < -0.3 is 9.64 Å². The number of ether oxygens (including phenoxy) is 1. The Hall–Kier alpha value is -2.61. The van der Waals surface area contributed by atoms with Crippen LogP contribution in [-0.2, 0) is 20.6 Å². The van der Waals surface area contributed by atoms with Crippen molar-refractivity contribution in [3.05, 3.63) is 53.8 Å². The molecule has 8 heteroatoms. The fourth-order valence-corrected chi connectivity index (χ4v) is 4.09. The molecule has 1 aliphatic rings. The van der Waals surface area contributed by atoms with Gasteiger partial charge >= 0.3 is 0 Å². The van der Waals surface area contributed by atoms with Gasteiger partial charge in [-0.3, -0.25) is 9.52 Å². The molecule has 144 valence electrons. The quantitative estimate of drug-likeness (QED) is 0.867. The van der Waals surface area contributed by atoms with Gasteiger partial charge in [-0.05, 0) is 32.0 Å². The molecule has 0 fully saturated rings. The van der Waals surface area contributed by atoms with E-state index in [4.69, 9.17) is 4.74 Å². The highest BCUT2D eigenvalue weighted by molar-refractivity contribution is 7.91. The van der Waals surface area contributed by atoms with Gasteiger partial charge in [-0.2, -0.15) is 0 Å². The van der Waals surface area contributed by atoms with E-state index in [2.05, 4.69) is 4.72 Å². The summed E-state index contributed by atoms with van der Waals surface area (Å²) in [6.45, 7) is 3.75. The zero-order valence-corrected chi connectivity index (χ0v) is 16.1. The van der Waals surface area contributed by atoms with E-state index < -0.39 is 27.0 Å². The lowest BCUT2D eigenvalue weighted by atomic mass is 9.93. The van der Waals surface area contributed by atoms with Crippen LogP contribution in [0.2, 0.25) is 0 Å². The van der Waals surface area contributed by atoms with E-state index in [1.165, 1.54) is 29.2 Å². The second-order valence-corrected chi connectivity index (χ2v) is 8.89. The first-order chi connectivity index (χ1) is 12.6. The van der Waals surface area contributed by atoms with Crippen molar-refractivity contribution < 1.29 is 22.3 Å². The Morgan fingerprint density at radius 2 is 1.93 bits per heavy atom. The highest BCUT2D eigenvalue weighted by Gasteiger charge is 2.36. The molecule has 0 aromatic heterocycles. The van der Waals surface area contributed by atoms with Crippen molar-refractivity contribution in [1.29, 1.82) is 0 Å². The number of nitrogens with one attached hydrogen (secondary N) is 1. The van der Waals surface area contributed by atoms with Crippen LogP contribution in [0, 0.1) is 11.2 Å². The second-order valence-electron chi connectivity index (χ2n) is 7.17. The Labute approximate surface area is 158 Å². The topological polar surface area (TPSA) is 75.7 Å². The number of nitrogens with zero attached hydrogens (tertiary/aromatic N) is 1. The molecule has 0 unspecified atom stereocenters. The number of hydrogen-bond acceptors (Lipinski definition) is 4. The zero-order chi connectivity index (χ0) is 19.8. The number of carbonyl (C=O) groups is 1. The maximum absolute atomic E-state index is 13.7. The summed E-state index contributed by atoms with van der Waals surface area (Å²) in [7, 11) is -2.17. The van der Waals surface area contributed by atoms with Crippen molar-refractivity contribution in [3.8, 4) is 5.75 Å². The third-order valence-corrected chi connectivity index (χ3v) is 5.61. The standard InChI is InChI=1S/C19H21FN2O4S/c1-19(2)12-26-17-10-14(8-9-16(17)22(3)18(19)23)21-27(24,25)11-13-6-4-5-7-15(13)20/h4-10,21H,11-12H2,1-3H3. The molecule has 27 heavy (non-hydrogen) atoms. The van der Waals surface area contributed by atoms with Crippen LogP contribution in [0.4, 0.5) is 15.8 Å². The van der Waals surface area contributed by atoms with E-state index in [1.807, 2.05) is 0 Å². The first-order valence-corrected chi connectivity index (χ1v) is 10.0. The smallest absolute Gasteiger partial charge is 0.237 e. The van der Waals surface area contributed by atoms with Crippen LogP contribution in [0.3, 0.4) is 0 Å². The van der Waals surface area contributed by atoms with Crippen molar-refractivity contribution >= 4 is 27.3 Å². The Morgan fingerprint density at radius 3 is 2.63 bits per heavy atom. The number of benzene rings is 2. The molecular weight excluding hydrogens is 371 g/mol. The number of halogens is 1. The summed E-state index contributed by atoms with van der Waals surface area (Å²) < 4.78 is 46.7. The molecule has 0 bridgehead atoms. The Morgan fingerprint density at radius 1 is 1.22 bits per heavy atom. The van der Waals surface area contributed by atoms with Gasteiger partial charge in [-0.25, -0.2) is 12.8 Å². The Kier molecular flexibility index (Phi) is 4.86. The van der Waals surface area contributed by atoms with Crippen LogP contribution >= 0.6 is 0 Å². The van der Waals surface area contributed by atoms with E-state index >= 15 is 0 Å². The number of fused-ring (bicyclic) bond motifs is 1. The fraction of sp³-hybridized carbons (Fsp3) is 0.316. The monoisotopic (exact) mass is 392 g/mol. The minimum atomic E-state index is -3.82. The molecular formula is C19H21FN2O4S. The molecule has 1 amide bonds. The van der Waals surface area contributed by atoms with Gasteiger partial charge in [0.2, 0.25) is 15.9 Å². The van der Waals surface area contributed by atoms with Crippen LogP contribution in [-0.4, -0.2) is 28.0 Å². The van der Waals surface area contributed by atoms with E-state index in [0.29, 0.717) is 11.4 Å². The lowest BCUT2D eigenvalue weighted by molar-refractivity contribution is -0.127. The predicted molar refractivity (Wildman–Crippen MR) is 102 cm³/mol. The number of amides is 1. The third-order valence-electron chi connectivity index (χ3n) is 4.37. The second kappa shape index (κ2) is 6.84. The first kappa shape index (κ1) is 19.2. The summed E-state index contributed by atoms with van der Waals surface area (Å²) in [4.78, 5) is 14.0. The largest absolute Gasteiger partial charge is 0.490 e. The van der Waals surface area contributed by atoms with Crippen molar-refractivity contribution in [3.63, 3.8) is 0 Å². The summed E-state index contributed by atoms with van der Waals surface area (Å²) in [6, 6.07) is 10.4. The van der Waals surface area contributed by atoms with Crippen LogP contribution in [0.1, 0.15) is 19.4 Å². The van der Waals surface area contributed by atoms with Gasteiger partial charge in [-0.15, -0.1) is 0 Å². The molecule has 1 heterocycles. The maximum atomic E-state index is 13.7. The van der Waals surface area contributed by atoms with E-state index in [1.54, 1.807) is 39.1 Å². The Bertz CT molecular complexity index is 989. The molecule has 0 spiro atoms. The van der Waals surface area contributed by atoms with E-state index in [-0.39, 0.29) is 23.8 Å². The average Bonchev–Trinajstić information content (AvgIpc) is 2.67. The highest BCUT2D eigenvalue weighted by Crippen LogP contribution is 2.37. The molecule has 0 atom stereocenters. The first-order valence-electron chi connectivity index (χ1n) is 8.38. The van der Waals surface area contributed by atoms with Gasteiger partial charge in [0, 0.05) is 18.7 Å². The molecule has 6 nitrogen and oxygen atoms in total. The summed E-state index contributed by atoms with van der Waals surface area (Å²) in [5.41, 5.74) is 0.231. The molecule has 0 radical (unpaired) electrons. The fourth-order valence-electron chi connectivity index (χ4n) is 2.89. The predicted octanol–water partition coefficient (Wildman–Crippen LogP) is 3.15. The van der Waals surface area contributed by atoms with Crippen LogP contribution in [0.25, 0.3) is 0 Å². The van der Waals surface area contributed by atoms with Crippen molar-refractivity contribution in [2.75, 3.05) is 23.3 Å². The number of anilines is 2. The number of carbonyl (C=O) groups excluding carboxylic acids is 1. The molecule has 2 aromatic rings. The van der Waals surface area contributed by atoms with Gasteiger partial charge in [0.25, 0.3) is 0 Å². The van der Waals surface area contributed by atoms with E-state index in [9.17, 15) is 17.6 Å². The Balaban J connectivity index is 1.85. The van der Waals surface area contributed by atoms with Gasteiger partial charge in [0.05, 0.1) is 22.5 Å². The van der Waals surface area contributed by atoms with Crippen molar-refractivity contribution in [2.24, 2.45) is 5.41 Å². The number of sulfonamides is 1. The molecule has 1 aliphatic heterocycles. The molecule has 3 rings (SSSR count). The summed E-state index contributed by atoms with van der Waals surface area (Å²) in [6.07, 6.45) is 0. The molecule has 2 aromatic carbocycles. The summed E-state index contributed by atoms with van der Waals surface area (Å²) >= 11 is 0. The van der Waals surface area contributed by atoms with Crippen molar-refractivity contribution in [1.82, 2.24) is 0 Å².